The van der Waals surface area contributed by atoms with E-state index in [1.807, 2.05) is 37.4 Å². The van der Waals surface area contributed by atoms with Crippen LogP contribution in [0.4, 0.5) is 5.69 Å². The maximum Gasteiger partial charge on any atom is 0.265 e. The number of aryl methyl sites for hydroxylation is 2. The van der Waals surface area contributed by atoms with Gasteiger partial charge in [-0.2, -0.15) is 0 Å². The summed E-state index contributed by atoms with van der Waals surface area (Å²) in [5.41, 5.74) is 3.64. The molecule has 0 aliphatic heterocycles. The standard InChI is InChI=1S/C20H17Cl2NO2S/c1-12-6-7-17(13(2)8-12)25-10-14-9-18(26-11-14)20(24)23-19-15(21)4-3-5-16(19)22/h3-9,11H,10H2,1-2H3,(H,23,24). The maximum absolute atomic E-state index is 12.4. The number of nitrogens with one attached hydrogen (secondary N) is 1. The first kappa shape index (κ1) is 18.8. The average Bonchev–Trinajstić information content (AvgIpc) is 3.06. The van der Waals surface area contributed by atoms with E-state index in [9.17, 15) is 4.79 Å². The predicted octanol–water partition coefficient (Wildman–Crippen LogP) is 6.50. The summed E-state index contributed by atoms with van der Waals surface area (Å²) in [5, 5.41) is 5.48. The highest BCUT2D eigenvalue weighted by Crippen LogP contribution is 2.31. The van der Waals surface area contributed by atoms with Crippen molar-refractivity contribution in [1.29, 1.82) is 0 Å². The van der Waals surface area contributed by atoms with Gasteiger partial charge in [0.05, 0.1) is 20.6 Å². The molecular formula is C20H17Cl2NO2S. The van der Waals surface area contributed by atoms with Gasteiger partial charge in [0.25, 0.3) is 5.91 Å². The Kier molecular flexibility index (Phi) is 5.87. The second-order valence-corrected chi connectivity index (χ2v) is 7.65. The first-order chi connectivity index (χ1) is 12.4. The van der Waals surface area contributed by atoms with Gasteiger partial charge in [-0.15, -0.1) is 11.3 Å². The van der Waals surface area contributed by atoms with Crippen molar-refractivity contribution < 1.29 is 9.53 Å². The van der Waals surface area contributed by atoms with E-state index >= 15 is 0 Å². The lowest BCUT2D eigenvalue weighted by atomic mass is 10.1. The molecule has 26 heavy (non-hydrogen) atoms. The molecule has 2 aromatic carbocycles. The molecular weight excluding hydrogens is 389 g/mol. The lowest BCUT2D eigenvalue weighted by molar-refractivity contribution is 0.103. The van der Waals surface area contributed by atoms with E-state index in [2.05, 4.69) is 11.4 Å². The number of halogens is 2. The van der Waals surface area contributed by atoms with Crippen LogP contribution >= 0.6 is 34.5 Å². The Morgan fingerprint density at radius 3 is 2.54 bits per heavy atom. The van der Waals surface area contributed by atoms with Crippen molar-refractivity contribution in [2.24, 2.45) is 0 Å². The Balaban J connectivity index is 1.66. The number of benzene rings is 2. The Bertz CT molecular complexity index is 932. The second-order valence-electron chi connectivity index (χ2n) is 5.93. The zero-order valence-corrected chi connectivity index (χ0v) is 16.6. The summed E-state index contributed by atoms with van der Waals surface area (Å²) in [6, 6.07) is 13.0. The van der Waals surface area contributed by atoms with E-state index in [1.165, 1.54) is 16.9 Å². The molecule has 1 amide bonds. The number of ether oxygens (including phenoxy) is 1. The van der Waals surface area contributed by atoms with Crippen LogP contribution in [0.25, 0.3) is 0 Å². The monoisotopic (exact) mass is 405 g/mol. The van der Waals surface area contributed by atoms with Gasteiger partial charge in [0.1, 0.15) is 12.4 Å². The van der Waals surface area contributed by atoms with Crippen molar-refractivity contribution in [3.63, 3.8) is 0 Å². The summed E-state index contributed by atoms with van der Waals surface area (Å²) >= 11 is 13.5. The van der Waals surface area contributed by atoms with E-state index in [1.54, 1.807) is 18.2 Å². The van der Waals surface area contributed by atoms with E-state index in [0.717, 1.165) is 16.9 Å². The molecule has 1 aromatic heterocycles. The normalized spacial score (nSPS) is 10.6. The first-order valence-electron chi connectivity index (χ1n) is 7.97. The minimum absolute atomic E-state index is 0.247. The van der Waals surface area contributed by atoms with Crippen LogP contribution in [0.2, 0.25) is 10.0 Å². The molecule has 3 aromatic rings. The number of carbonyl (C=O) groups is 1. The number of hydrogen-bond acceptors (Lipinski definition) is 3. The van der Waals surface area contributed by atoms with Crippen LogP contribution in [-0.2, 0) is 6.61 Å². The Labute approximate surface area is 166 Å². The van der Waals surface area contributed by atoms with Gasteiger partial charge >= 0.3 is 0 Å². The summed E-state index contributed by atoms with van der Waals surface area (Å²) in [5.74, 6) is 0.596. The van der Waals surface area contributed by atoms with Crippen molar-refractivity contribution in [3.8, 4) is 5.75 Å². The third-order valence-corrected chi connectivity index (χ3v) is 5.41. The Morgan fingerprint density at radius 2 is 1.85 bits per heavy atom. The van der Waals surface area contributed by atoms with Gasteiger partial charge in [0, 0.05) is 5.56 Å². The van der Waals surface area contributed by atoms with Crippen LogP contribution in [0.3, 0.4) is 0 Å². The van der Waals surface area contributed by atoms with Crippen LogP contribution in [0.15, 0.2) is 47.8 Å². The van der Waals surface area contributed by atoms with Gasteiger partial charge < -0.3 is 10.1 Å². The maximum atomic E-state index is 12.4. The molecule has 3 rings (SSSR count). The van der Waals surface area contributed by atoms with Gasteiger partial charge in [-0.3, -0.25) is 4.79 Å². The van der Waals surface area contributed by atoms with E-state index < -0.39 is 0 Å². The van der Waals surface area contributed by atoms with Crippen molar-refractivity contribution in [3.05, 3.63) is 79.5 Å². The molecule has 0 spiro atoms. The van der Waals surface area contributed by atoms with Crippen molar-refractivity contribution in [2.45, 2.75) is 20.5 Å². The van der Waals surface area contributed by atoms with Crippen molar-refractivity contribution in [2.75, 3.05) is 5.32 Å². The van der Waals surface area contributed by atoms with Crippen molar-refractivity contribution in [1.82, 2.24) is 0 Å². The van der Waals surface area contributed by atoms with E-state index in [-0.39, 0.29) is 5.91 Å². The van der Waals surface area contributed by atoms with Gasteiger partial charge in [0.2, 0.25) is 0 Å². The smallest absolute Gasteiger partial charge is 0.265 e. The van der Waals surface area contributed by atoms with Gasteiger partial charge in [-0.25, -0.2) is 0 Å². The zero-order chi connectivity index (χ0) is 18.7. The van der Waals surface area contributed by atoms with Gasteiger partial charge in [0.15, 0.2) is 0 Å². The number of rotatable bonds is 5. The topological polar surface area (TPSA) is 38.3 Å². The predicted molar refractivity (Wildman–Crippen MR) is 109 cm³/mol. The van der Waals surface area contributed by atoms with Gasteiger partial charge in [-0.05, 0) is 49.1 Å². The average molecular weight is 406 g/mol. The molecule has 1 heterocycles. The summed E-state index contributed by atoms with van der Waals surface area (Å²) in [6.07, 6.45) is 0. The first-order valence-corrected chi connectivity index (χ1v) is 9.60. The SMILES string of the molecule is Cc1ccc(OCc2csc(C(=O)Nc3c(Cl)cccc3Cl)c2)c(C)c1. The van der Waals surface area contributed by atoms with Crippen LogP contribution < -0.4 is 10.1 Å². The highest BCUT2D eigenvalue weighted by Gasteiger charge is 2.14. The molecule has 0 fully saturated rings. The number of hydrogen-bond donors (Lipinski definition) is 1. The Hall–Kier alpha value is -2.01. The molecule has 3 nitrogen and oxygen atoms in total. The summed E-state index contributed by atoms with van der Waals surface area (Å²) in [7, 11) is 0. The van der Waals surface area contributed by atoms with Crippen molar-refractivity contribution >= 4 is 46.1 Å². The summed E-state index contributed by atoms with van der Waals surface area (Å²) in [4.78, 5) is 13.0. The molecule has 134 valence electrons. The lowest BCUT2D eigenvalue weighted by Crippen LogP contribution is -2.11. The van der Waals surface area contributed by atoms with E-state index in [4.69, 9.17) is 27.9 Å². The third kappa shape index (κ3) is 4.39. The second kappa shape index (κ2) is 8.12. The van der Waals surface area contributed by atoms with Crippen LogP contribution in [0, 0.1) is 13.8 Å². The zero-order valence-electron chi connectivity index (χ0n) is 14.3. The molecule has 0 aliphatic rings. The number of thiophene rings is 1. The quantitative estimate of drug-likeness (QED) is 0.525. The third-order valence-electron chi connectivity index (χ3n) is 3.80. The summed E-state index contributed by atoms with van der Waals surface area (Å²) < 4.78 is 5.86. The molecule has 0 saturated heterocycles. The molecule has 0 radical (unpaired) electrons. The molecule has 0 unspecified atom stereocenters. The highest BCUT2D eigenvalue weighted by molar-refractivity contribution is 7.12. The minimum atomic E-state index is -0.247. The fourth-order valence-electron chi connectivity index (χ4n) is 2.49. The molecule has 0 atom stereocenters. The fourth-order valence-corrected chi connectivity index (χ4v) is 3.77. The highest BCUT2D eigenvalue weighted by atomic mass is 35.5. The molecule has 6 heteroatoms. The minimum Gasteiger partial charge on any atom is -0.489 e. The number of carbonyl (C=O) groups excluding carboxylic acids is 1. The summed E-state index contributed by atoms with van der Waals surface area (Å²) in [6.45, 7) is 4.47. The number of anilines is 1. The molecule has 1 N–H and O–H groups in total. The van der Waals surface area contributed by atoms with E-state index in [0.29, 0.717) is 27.2 Å². The molecule has 0 bridgehead atoms. The molecule has 0 aliphatic carbocycles. The number of para-hydroxylation sites is 1. The lowest BCUT2D eigenvalue weighted by Gasteiger charge is -2.09. The van der Waals surface area contributed by atoms with Gasteiger partial charge in [-0.1, -0.05) is 47.0 Å². The van der Waals surface area contributed by atoms with Crippen LogP contribution in [0.1, 0.15) is 26.4 Å². The Morgan fingerprint density at radius 1 is 1.12 bits per heavy atom. The number of amides is 1. The fraction of sp³-hybridized carbons (Fsp3) is 0.150. The van der Waals surface area contributed by atoms with Crippen LogP contribution in [-0.4, -0.2) is 5.91 Å². The largest absolute Gasteiger partial charge is 0.489 e. The van der Waals surface area contributed by atoms with Crippen LogP contribution in [0.5, 0.6) is 5.75 Å². The molecule has 0 saturated carbocycles.